The van der Waals surface area contributed by atoms with Crippen molar-refractivity contribution in [3.05, 3.63) is 35.4 Å². The van der Waals surface area contributed by atoms with E-state index in [4.69, 9.17) is 11.5 Å². The summed E-state index contributed by atoms with van der Waals surface area (Å²) in [7, 11) is 0. The van der Waals surface area contributed by atoms with Crippen molar-refractivity contribution >= 4 is 39.9 Å². The molecule has 6 heteroatoms. The average molecular weight is 274 g/mol. The van der Waals surface area contributed by atoms with Crippen LogP contribution in [0, 0.1) is 0 Å². The Morgan fingerprint density at radius 1 is 1.58 bits per heavy atom. The largest absolute Gasteiger partial charge is 0.397 e. The molecule has 2 aromatic heterocycles. The van der Waals surface area contributed by atoms with Crippen LogP contribution in [-0.2, 0) is 0 Å². The summed E-state index contributed by atoms with van der Waals surface area (Å²) in [4.78, 5) is 20.8. The third kappa shape index (κ3) is 2.34. The minimum Gasteiger partial charge on any atom is -0.397 e. The van der Waals surface area contributed by atoms with Crippen LogP contribution in [0.4, 0.5) is 5.69 Å². The number of nitrogen functional groups attached to an aromatic ring is 1. The molecule has 0 radical (unpaired) electrons. The quantitative estimate of drug-likeness (QED) is 0.647. The van der Waals surface area contributed by atoms with E-state index in [1.54, 1.807) is 6.08 Å². The minimum absolute atomic E-state index is 0.137. The van der Waals surface area contributed by atoms with Crippen LogP contribution in [0.3, 0.4) is 0 Å². The molecule has 0 aliphatic rings. The SMILES string of the molecule is C=CCC(N=C)c1ccc2c(N)c(C(N)=O)sc2n1. The lowest BCUT2D eigenvalue weighted by atomic mass is 10.1. The van der Waals surface area contributed by atoms with Gasteiger partial charge >= 0.3 is 0 Å². The fourth-order valence-corrected chi connectivity index (χ4v) is 2.78. The molecule has 1 unspecified atom stereocenters. The smallest absolute Gasteiger partial charge is 0.260 e. The Kier molecular flexibility index (Phi) is 3.62. The summed E-state index contributed by atoms with van der Waals surface area (Å²) in [6.45, 7) is 7.24. The lowest BCUT2D eigenvalue weighted by Gasteiger charge is -2.08. The third-order valence-electron chi connectivity index (χ3n) is 2.79. The summed E-state index contributed by atoms with van der Waals surface area (Å²) in [5.74, 6) is -0.536. The maximum absolute atomic E-state index is 11.3. The van der Waals surface area contributed by atoms with Gasteiger partial charge in [0.1, 0.15) is 9.71 Å². The van der Waals surface area contributed by atoms with E-state index >= 15 is 0 Å². The van der Waals surface area contributed by atoms with Crippen molar-refractivity contribution in [3.63, 3.8) is 0 Å². The fourth-order valence-electron chi connectivity index (χ4n) is 1.83. The molecule has 0 aromatic carbocycles. The summed E-state index contributed by atoms with van der Waals surface area (Å²) in [5.41, 5.74) is 12.3. The zero-order chi connectivity index (χ0) is 14.0. The number of nitrogens with two attached hydrogens (primary N) is 2. The van der Waals surface area contributed by atoms with Gasteiger partial charge in [-0.1, -0.05) is 6.08 Å². The summed E-state index contributed by atoms with van der Waals surface area (Å²) < 4.78 is 0. The van der Waals surface area contributed by atoms with Gasteiger partial charge in [-0.05, 0) is 25.3 Å². The van der Waals surface area contributed by atoms with E-state index in [1.165, 1.54) is 11.3 Å². The van der Waals surface area contributed by atoms with Gasteiger partial charge in [-0.2, -0.15) is 0 Å². The normalized spacial score (nSPS) is 12.2. The van der Waals surface area contributed by atoms with Gasteiger partial charge in [0.15, 0.2) is 0 Å². The molecule has 1 atom stereocenters. The van der Waals surface area contributed by atoms with Crippen LogP contribution in [0.2, 0.25) is 0 Å². The predicted octanol–water partition coefficient (Wildman–Crippen LogP) is 2.30. The number of anilines is 1. The fraction of sp³-hybridized carbons (Fsp3) is 0.154. The van der Waals surface area contributed by atoms with E-state index in [0.29, 0.717) is 21.8 Å². The number of fused-ring (bicyclic) bond motifs is 1. The Hall–Kier alpha value is -2.21. The third-order valence-corrected chi connectivity index (χ3v) is 3.92. The number of primary amides is 1. The molecule has 5 nitrogen and oxygen atoms in total. The number of thiophene rings is 1. The molecule has 2 aromatic rings. The van der Waals surface area contributed by atoms with Crippen LogP contribution in [0.15, 0.2) is 29.8 Å². The van der Waals surface area contributed by atoms with Gasteiger partial charge in [-0.3, -0.25) is 9.79 Å². The van der Waals surface area contributed by atoms with Crippen molar-refractivity contribution in [2.75, 3.05) is 5.73 Å². The number of carbonyl (C=O) groups is 1. The van der Waals surface area contributed by atoms with Gasteiger partial charge < -0.3 is 11.5 Å². The van der Waals surface area contributed by atoms with Gasteiger partial charge in [0.05, 0.1) is 17.4 Å². The average Bonchev–Trinajstić information content (AvgIpc) is 2.73. The minimum atomic E-state index is -0.536. The van der Waals surface area contributed by atoms with Crippen molar-refractivity contribution in [1.29, 1.82) is 0 Å². The van der Waals surface area contributed by atoms with Crippen molar-refractivity contribution in [1.82, 2.24) is 4.98 Å². The first kappa shape index (κ1) is 13.2. The molecule has 0 bridgehead atoms. The van der Waals surface area contributed by atoms with Crippen LogP contribution in [-0.4, -0.2) is 17.6 Å². The Morgan fingerprint density at radius 3 is 2.89 bits per heavy atom. The van der Waals surface area contributed by atoms with Gasteiger partial charge in [0.2, 0.25) is 0 Å². The Labute approximate surface area is 114 Å². The van der Waals surface area contributed by atoms with Crippen LogP contribution in [0.5, 0.6) is 0 Å². The molecule has 0 saturated carbocycles. The topological polar surface area (TPSA) is 94.4 Å². The van der Waals surface area contributed by atoms with Crippen molar-refractivity contribution < 1.29 is 4.79 Å². The highest BCUT2D eigenvalue weighted by Crippen LogP contribution is 2.33. The first-order valence-corrected chi connectivity index (χ1v) is 6.45. The lowest BCUT2D eigenvalue weighted by molar-refractivity contribution is 0.100. The number of amides is 1. The Morgan fingerprint density at radius 2 is 2.32 bits per heavy atom. The first-order chi connectivity index (χ1) is 9.08. The number of aromatic nitrogens is 1. The molecule has 0 saturated heterocycles. The number of hydrogen-bond acceptors (Lipinski definition) is 5. The summed E-state index contributed by atoms with van der Waals surface area (Å²) in [5, 5.41) is 0.740. The molecule has 0 fully saturated rings. The molecule has 0 aliphatic carbocycles. The number of hydrogen-bond donors (Lipinski definition) is 2. The van der Waals surface area contributed by atoms with Crippen LogP contribution >= 0.6 is 11.3 Å². The number of nitrogens with zero attached hydrogens (tertiary/aromatic N) is 2. The van der Waals surface area contributed by atoms with Crippen molar-refractivity contribution in [2.45, 2.75) is 12.5 Å². The van der Waals surface area contributed by atoms with Gasteiger partial charge in [-0.15, -0.1) is 17.9 Å². The number of pyridine rings is 1. The van der Waals surface area contributed by atoms with E-state index < -0.39 is 5.91 Å². The van der Waals surface area contributed by atoms with Crippen LogP contribution < -0.4 is 11.5 Å². The van der Waals surface area contributed by atoms with E-state index in [0.717, 1.165) is 11.1 Å². The summed E-state index contributed by atoms with van der Waals surface area (Å²) >= 11 is 1.19. The molecule has 0 aliphatic heterocycles. The maximum Gasteiger partial charge on any atom is 0.260 e. The molecule has 4 N–H and O–H groups in total. The van der Waals surface area contributed by atoms with E-state index in [-0.39, 0.29) is 6.04 Å². The second kappa shape index (κ2) is 5.19. The highest BCUT2D eigenvalue weighted by atomic mass is 32.1. The van der Waals surface area contributed by atoms with Crippen LogP contribution in [0.25, 0.3) is 10.2 Å². The highest BCUT2D eigenvalue weighted by molar-refractivity contribution is 7.21. The monoisotopic (exact) mass is 274 g/mol. The molecule has 2 rings (SSSR count). The summed E-state index contributed by atoms with van der Waals surface area (Å²) in [6, 6.07) is 3.53. The van der Waals surface area contributed by atoms with Gasteiger partial charge in [0.25, 0.3) is 5.91 Å². The zero-order valence-corrected chi connectivity index (χ0v) is 11.1. The molecule has 0 spiro atoms. The van der Waals surface area contributed by atoms with Crippen molar-refractivity contribution in [2.24, 2.45) is 10.7 Å². The standard InChI is InChI=1S/C13H14N4OS/c1-3-4-8(16-2)9-6-5-7-10(14)11(12(15)18)19-13(7)17-9/h3,5-6,8H,1-2,4,14H2,(H2,15,18). The molecule has 98 valence electrons. The number of aliphatic imine (C=N–C) groups is 1. The molecule has 1 amide bonds. The zero-order valence-electron chi connectivity index (χ0n) is 10.3. The predicted molar refractivity (Wildman–Crippen MR) is 79.7 cm³/mol. The Balaban J connectivity index is 2.54. The van der Waals surface area contributed by atoms with Gasteiger partial charge in [-0.25, -0.2) is 4.98 Å². The van der Waals surface area contributed by atoms with Crippen LogP contribution in [0.1, 0.15) is 27.8 Å². The second-order valence-electron chi connectivity index (χ2n) is 4.02. The van der Waals surface area contributed by atoms with E-state index in [1.807, 2.05) is 12.1 Å². The molecule has 2 heterocycles. The van der Waals surface area contributed by atoms with Gasteiger partial charge in [0, 0.05) is 5.39 Å². The highest BCUT2D eigenvalue weighted by Gasteiger charge is 2.16. The Bertz CT molecular complexity index is 662. The van der Waals surface area contributed by atoms with E-state index in [2.05, 4.69) is 23.3 Å². The first-order valence-electron chi connectivity index (χ1n) is 5.64. The lowest BCUT2D eigenvalue weighted by Crippen LogP contribution is -2.10. The molecule has 19 heavy (non-hydrogen) atoms. The number of carbonyl (C=O) groups excluding carboxylic acids is 1. The molecular weight excluding hydrogens is 260 g/mol. The van der Waals surface area contributed by atoms with E-state index in [9.17, 15) is 4.79 Å². The van der Waals surface area contributed by atoms with Crippen molar-refractivity contribution in [3.8, 4) is 0 Å². The molecular formula is C13H14N4OS. The second-order valence-corrected chi connectivity index (χ2v) is 5.02. The summed E-state index contributed by atoms with van der Waals surface area (Å²) in [6.07, 6.45) is 2.42. The number of rotatable bonds is 5. The maximum atomic E-state index is 11.3.